The lowest BCUT2D eigenvalue weighted by Gasteiger charge is -2.00. The first kappa shape index (κ1) is 7.76. The maximum absolute atomic E-state index is 10.2. The van der Waals surface area contributed by atoms with E-state index in [0.29, 0.717) is 6.54 Å². The molecule has 3 heteroatoms. The minimum absolute atomic E-state index is 0.0268. The minimum atomic E-state index is -0.0301. The van der Waals surface area contributed by atoms with Crippen molar-refractivity contribution >= 4 is 17.5 Å². The Morgan fingerprint density at radius 3 is 2.50 bits per heavy atom. The molecule has 0 aromatic carbocycles. The molecule has 1 unspecified atom stereocenters. The van der Waals surface area contributed by atoms with E-state index >= 15 is 0 Å². The third-order valence-corrected chi connectivity index (χ3v) is 0.787. The number of nitrogens with one attached hydrogen (secondary N) is 1. The Hall–Kier alpha value is -0.240. The number of hydrogen-bond donors (Lipinski definition) is 1. The summed E-state index contributed by atoms with van der Waals surface area (Å²) in [4.78, 5) is 10.2. The molecule has 0 aliphatic heterocycles. The molecule has 48 valence electrons. The van der Waals surface area contributed by atoms with Crippen LogP contribution in [0.25, 0.3) is 0 Å². The normalized spacial score (nSPS) is 12.9. The Morgan fingerprint density at radius 2 is 2.38 bits per heavy atom. The molecule has 0 saturated heterocycles. The number of alkyl halides is 1. The molecule has 0 bridgehead atoms. The van der Waals surface area contributed by atoms with E-state index in [4.69, 9.17) is 11.6 Å². The van der Waals surface area contributed by atoms with Gasteiger partial charge in [-0.1, -0.05) is 0 Å². The van der Waals surface area contributed by atoms with E-state index in [1.165, 1.54) is 6.92 Å². The number of halogens is 1. The van der Waals surface area contributed by atoms with Crippen molar-refractivity contribution in [3.8, 4) is 0 Å². The van der Waals surface area contributed by atoms with Crippen LogP contribution in [0.3, 0.4) is 0 Å². The maximum Gasteiger partial charge on any atom is 0.216 e. The van der Waals surface area contributed by atoms with Gasteiger partial charge in [0.2, 0.25) is 5.91 Å². The summed E-state index contributed by atoms with van der Waals surface area (Å²) in [5.74, 6) is -0.0301. The Balaban J connectivity index is 3.05. The van der Waals surface area contributed by atoms with Crippen LogP contribution in [0.1, 0.15) is 13.8 Å². The Bertz CT molecular complexity index is 82.5. The molecule has 0 aromatic heterocycles. The summed E-state index contributed by atoms with van der Waals surface area (Å²) in [6.45, 7) is 3.85. The molecular formula is C5H10ClNO. The van der Waals surface area contributed by atoms with Gasteiger partial charge in [-0.05, 0) is 6.92 Å². The van der Waals surface area contributed by atoms with Gasteiger partial charge in [0.15, 0.2) is 0 Å². The van der Waals surface area contributed by atoms with Crippen LogP contribution >= 0.6 is 11.6 Å². The molecule has 0 aliphatic rings. The average molecular weight is 136 g/mol. The number of carbonyl (C=O) groups is 1. The van der Waals surface area contributed by atoms with Crippen molar-refractivity contribution in [2.24, 2.45) is 0 Å². The molecule has 8 heavy (non-hydrogen) atoms. The molecule has 0 heterocycles. The van der Waals surface area contributed by atoms with E-state index in [0.717, 1.165) is 0 Å². The van der Waals surface area contributed by atoms with E-state index in [-0.39, 0.29) is 11.3 Å². The average Bonchev–Trinajstić information content (AvgIpc) is 1.61. The van der Waals surface area contributed by atoms with Gasteiger partial charge in [-0.2, -0.15) is 0 Å². The number of rotatable bonds is 2. The van der Waals surface area contributed by atoms with Crippen molar-refractivity contribution in [2.75, 3.05) is 6.54 Å². The SMILES string of the molecule is CC(=O)NCC(C)Cl. The van der Waals surface area contributed by atoms with Crippen LogP contribution in [0.15, 0.2) is 0 Å². The topological polar surface area (TPSA) is 29.1 Å². The number of amides is 1. The second kappa shape index (κ2) is 3.72. The summed E-state index contributed by atoms with van der Waals surface area (Å²) in [6, 6.07) is 0. The van der Waals surface area contributed by atoms with Gasteiger partial charge in [0.1, 0.15) is 0 Å². The Kier molecular flexibility index (Phi) is 3.61. The summed E-state index contributed by atoms with van der Waals surface area (Å²) in [7, 11) is 0. The van der Waals surface area contributed by atoms with E-state index in [2.05, 4.69) is 5.32 Å². The van der Waals surface area contributed by atoms with Gasteiger partial charge in [0.05, 0.1) is 0 Å². The summed E-state index contributed by atoms with van der Waals surface area (Å²) in [6.07, 6.45) is 0. The second-order valence-corrected chi connectivity index (χ2v) is 2.46. The lowest BCUT2D eigenvalue weighted by molar-refractivity contribution is -0.118. The van der Waals surface area contributed by atoms with E-state index in [9.17, 15) is 4.79 Å². The van der Waals surface area contributed by atoms with Crippen LogP contribution < -0.4 is 5.32 Å². The zero-order valence-corrected chi connectivity index (χ0v) is 5.83. The van der Waals surface area contributed by atoms with Gasteiger partial charge in [-0.25, -0.2) is 0 Å². The van der Waals surface area contributed by atoms with Crippen LogP contribution in [0.5, 0.6) is 0 Å². The molecule has 1 atom stereocenters. The van der Waals surface area contributed by atoms with Gasteiger partial charge in [-0.15, -0.1) is 11.6 Å². The van der Waals surface area contributed by atoms with Crippen LogP contribution in [0.4, 0.5) is 0 Å². The molecule has 0 aromatic rings. The molecule has 1 N–H and O–H groups in total. The van der Waals surface area contributed by atoms with Crippen molar-refractivity contribution in [1.29, 1.82) is 0 Å². The first-order chi connectivity index (χ1) is 3.63. The first-order valence-corrected chi connectivity index (χ1v) is 2.95. The molecule has 2 nitrogen and oxygen atoms in total. The van der Waals surface area contributed by atoms with Crippen LogP contribution in [-0.2, 0) is 4.79 Å². The fourth-order valence-corrected chi connectivity index (χ4v) is 0.362. The molecular weight excluding hydrogens is 126 g/mol. The lowest BCUT2D eigenvalue weighted by atomic mass is 10.5. The number of carbonyl (C=O) groups excluding carboxylic acids is 1. The van der Waals surface area contributed by atoms with Gasteiger partial charge in [0.25, 0.3) is 0 Å². The quantitative estimate of drug-likeness (QED) is 0.557. The van der Waals surface area contributed by atoms with Crippen LogP contribution in [0.2, 0.25) is 0 Å². The highest BCUT2D eigenvalue weighted by atomic mass is 35.5. The second-order valence-electron chi connectivity index (χ2n) is 1.72. The van der Waals surface area contributed by atoms with Crippen LogP contribution in [0, 0.1) is 0 Å². The van der Waals surface area contributed by atoms with Crippen molar-refractivity contribution in [3.05, 3.63) is 0 Å². The third kappa shape index (κ3) is 5.76. The molecule has 1 amide bonds. The predicted octanol–water partition coefficient (Wildman–Crippen LogP) is 0.750. The summed E-state index contributed by atoms with van der Waals surface area (Å²) >= 11 is 5.51. The number of hydrogen-bond acceptors (Lipinski definition) is 1. The third-order valence-electron chi connectivity index (χ3n) is 0.632. The summed E-state index contributed by atoms with van der Waals surface area (Å²) in [5.41, 5.74) is 0. The molecule has 0 aliphatic carbocycles. The van der Waals surface area contributed by atoms with E-state index < -0.39 is 0 Å². The smallest absolute Gasteiger partial charge is 0.216 e. The lowest BCUT2D eigenvalue weighted by Crippen LogP contribution is -2.25. The van der Waals surface area contributed by atoms with Gasteiger partial charge < -0.3 is 5.32 Å². The van der Waals surface area contributed by atoms with E-state index in [1.807, 2.05) is 6.92 Å². The maximum atomic E-state index is 10.2. The fraction of sp³-hybridized carbons (Fsp3) is 0.800. The highest BCUT2D eigenvalue weighted by Crippen LogP contribution is 1.88. The Labute approximate surface area is 54.2 Å². The standard InChI is InChI=1S/C5H10ClNO/c1-4(6)3-7-5(2)8/h4H,3H2,1-2H3,(H,7,8). The molecule has 0 radical (unpaired) electrons. The van der Waals surface area contributed by atoms with Crippen molar-refractivity contribution in [3.63, 3.8) is 0 Å². The van der Waals surface area contributed by atoms with Crippen LogP contribution in [-0.4, -0.2) is 17.8 Å². The molecule has 0 saturated carbocycles. The van der Waals surface area contributed by atoms with E-state index in [1.54, 1.807) is 0 Å². The first-order valence-electron chi connectivity index (χ1n) is 2.51. The monoisotopic (exact) mass is 135 g/mol. The zero-order valence-electron chi connectivity index (χ0n) is 5.07. The minimum Gasteiger partial charge on any atom is -0.355 e. The predicted molar refractivity (Wildman–Crippen MR) is 34.0 cm³/mol. The molecule has 0 spiro atoms. The van der Waals surface area contributed by atoms with Gasteiger partial charge in [0, 0.05) is 18.8 Å². The van der Waals surface area contributed by atoms with Crippen molar-refractivity contribution in [1.82, 2.24) is 5.32 Å². The highest BCUT2D eigenvalue weighted by Gasteiger charge is 1.94. The summed E-state index contributed by atoms with van der Waals surface area (Å²) in [5, 5.41) is 2.60. The molecule has 0 rings (SSSR count). The van der Waals surface area contributed by atoms with Gasteiger partial charge in [-0.3, -0.25) is 4.79 Å². The highest BCUT2D eigenvalue weighted by molar-refractivity contribution is 6.20. The fourth-order valence-electron chi connectivity index (χ4n) is 0.284. The molecule has 0 fully saturated rings. The van der Waals surface area contributed by atoms with Crippen molar-refractivity contribution in [2.45, 2.75) is 19.2 Å². The largest absolute Gasteiger partial charge is 0.355 e. The van der Waals surface area contributed by atoms with Gasteiger partial charge >= 0.3 is 0 Å². The van der Waals surface area contributed by atoms with Crippen molar-refractivity contribution < 1.29 is 4.79 Å². The zero-order chi connectivity index (χ0) is 6.57. The Morgan fingerprint density at radius 1 is 1.88 bits per heavy atom. The summed E-state index contributed by atoms with van der Waals surface area (Å²) < 4.78 is 0.